The Morgan fingerprint density at radius 3 is 2.80 bits per heavy atom. The maximum atomic E-state index is 4.86. The summed E-state index contributed by atoms with van der Waals surface area (Å²) in [5, 5.41) is 3.51. The summed E-state index contributed by atoms with van der Waals surface area (Å²) in [7, 11) is 0. The molecule has 1 aromatic rings. The minimum absolute atomic E-state index is 0.521. The molecule has 1 unspecified atom stereocenters. The number of hydrogen-bond acceptors (Lipinski definition) is 3. The lowest BCUT2D eigenvalue weighted by Gasteiger charge is -2.19. The second-order valence-electron chi connectivity index (χ2n) is 6.45. The fourth-order valence-corrected chi connectivity index (χ4v) is 2.75. The van der Waals surface area contributed by atoms with Crippen molar-refractivity contribution < 1.29 is 0 Å². The number of aryl methyl sites for hydroxylation is 1. The first-order valence-corrected chi connectivity index (χ1v) is 8.06. The third-order valence-corrected chi connectivity index (χ3v) is 3.89. The van der Waals surface area contributed by atoms with E-state index in [0.29, 0.717) is 6.04 Å². The van der Waals surface area contributed by atoms with E-state index in [9.17, 15) is 0 Å². The topological polar surface area (TPSA) is 28.2 Å². The molecule has 20 heavy (non-hydrogen) atoms. The quantitative estimate of drug-likeness (QED) is 0.862. The highest BCUT2D eigenvalue weighted by Crippen LogP contribution is 2.23. The first-order valence-electron chi connectivity index (χ1n) is 8.06. The van der Waals surface area contributed by atoms with Gasteiger partial charge in [-0.1, -0.05) is 34.1 Å². The monoisotopic (exact) mass is 275 g/mol. The van der Waals surface area contributed by atoms with Crippen LogP contribution in [0.5, 0.6) is 0 Å². The van der Waals surface area contributed by atoms with Crippen molar-refractivity contribution in [2.75, 3.05) is 18.0 Å². The lowest BCUT2D eigenvalue weighted by atomic mass is 10.1. The van der Waals surface area contributed by atoms with E-state index in [-0.39, 0.29) is 0 Å². The Hall–Kier alpha value is -1.09. The van der Waals surface area contributed by atoms with Crippen molar-refractivity contribution in [3.8, 4) is 0 Å². The van der Waals surface area contributed by atoms with Crippen LogP contribution in [0.25, 0.3) is 0 Å². The Bertz CT molecular complexity index is 428. The minimum atomic E-state index is 0.521. The van der Waals surface area contributed by atoms with Crippen molar-refractivity contribution in [2.45, 2.75) is 59.5 Å². The van der Waals surface area contributed by atoms with Gasteiger partial charge in [0.25, 0.3) is 0 Å². The van der Waals surface area contributed by atoms with Crippen molar-refractivity contribution in [3.63, 3.8) is 0 Å². The van der Waals surface area contributed by atoms with E-state index in [4.69, 9.17) is 4.98 Å². The first-order chi connectivity index (χ1) is 9.58. The van der Waals surface area contributed by atoms with Crippen LogP contribution in [0.3, 0.4) is 0 Å². The van der Waals surface area contributed by atoms with Gasteiger partial charge in [0.2, 0.25) is 0 Å². The van der Waals surface area contributed by atoms with Crippen molar-refractivity contribution in [1.82, 2.24) is 10.3 Å². The van der Waals surface area contributed by atoms with Gasteiger partial charge in [-0.05, 0) is 36.5 Å². The molecule has 0 amide bonds. The van der Waals surface area contributed by atoms with E-state index in [1.165, 1.54) is 23.5 Å². The van der Waals surface area contributed by atoms with Crippen LogP contribution in [0.2, 0.25) is 0 Å². The second kappa shape index (κ2) is 7.07. The summed E-state index contributed by atoms with van der Waals surface area (Å²) in [6, 6.07) is 5.06. The summed E-state index contributed by atoms with van der Waals surface area (Å²) in [6.07, 6.45) is 3.52. The zero-order chi connectivity index (χ0) is 14.5. The lowest BCUT2D eigenvalue weighted by Crippen LogP contribution is -2.24. The van der Waals surface area contributed by atoms with Gasteiger partial charge in [-0.25, -0.2) is 4.98 Å². The molecule has 1 aliphatic heterocycles. The number of pyridine rings is 1. The van der Waals surface area contributed by atoms with Crippen LogP contribution in [-0.2, 0) is 13.0 Å². The highest BCUT2D eigenvalue weighted by molar-refractivity contribution is 5.44. The standard InChI is InChI=1S/C17H29N3/c1-5-6-16-9-15(11-18-13(2)3)10-17(19-16)20-8-7-14(4)12-20/h9-10,13-14,18H,5-8,11-12H2,1-4H3. The van der Waals surface area contributed by atoms with Crippen molar-refractivity contribution in [1.29, 1.82) is 0 Å². The van der Waals surface area contributed by atoms with Crippen molar-refractivity contribution in [2.24, 2.45) is 5.92 Å². The van der Waals surface area contributed by atoms with Gasteiger partial charge in [-0.3, -0.25) is 0 Å². The molecule has 2 heterocycles. The van der Waals surface area contributed by atoms with Gasteiger partial charge in [-0.15, -0.1) is 0 Å². The number of anilines is 1. The van der Waals surface area contributed by atoms with E-state index in [2.05, 4.69) is 50.0 Å². The van der Waals surface area contributed by atoms with Crippen LogP contribution >= 0.6 is 0 Å². The van der Waals surface area contributed by atoms with E-state index in [1.54, 1.807) is 0 Å². The van der Waals surface area contributed by atoms with Crippen LogP contribution < -0.4 is 10.2 Å². The van der Waals surface area contributed by atoms with Gasteiger partial charge < -0.3 is 10.2 Å². The molecule has 0 saturated carbocycles. The molecule has 3 nitrogen and oxygen atoms in total. The zero-order valence-electron chi connectivity index (χ0n) is 13.4. The third kappa shape index (κ3) is 4.20. The first kappa shape index (κ1) is 15.3. The Kier molecular flexibility index (Phi) is 5.41. The maximum Gasteiger partial charge on any atom is 0.129 e. The Morgan fingerprint density at radius 2 is 2.20 bits per heavy atom. The largest absolute Gasteiger partial charge is 0.356 e. The molecule has 0 aromatic carbocycles. The van der Waals surface area contributed by atoms with Gasteiger partial charge in [-0.2, -0.15) is 0 Å². The number of rotatable bonds is 6. The van der Waals surface area contributed by atoms with E-state index < -0.39 is 0 Å². The molecule has 0 bridgehead atoms. The zero-order valence-corrected chi connectivity index (χ0v) is 13.4. The van der Waals surface area contributed by atoms with Crippen LogP contribution in [0.1, 0.15) is 51.8 Å². The highest BCUT2D eigenvalue weighted by atomic mass is 15.2. The van der Waals surface area contributed by atoms with Gasteiger partial charge >= 0.3 is 0 Å². The number of nitrogens with one attached hydrogen (secondary N) is 1. The molecule has 1 atom stereocenters. The van der Waals surface area contributed by atoms with E-state index in [0.717, 1.165) is 38.4 Å². The van der Waals surface area contributed by atoms with Crippen LogP contribution in [0, 0.1) is 5.92 Å². The molecule has 0 spiro atoms. The third-order valence-electron chi connectivity index (χ3n) is 3.89. The Labute approximate surface area is 123 Å². The summed E-state index contributed by atoms with van der Waals surface area (Å²) in [6.45, 7) is 12.2. The van der Waals surface area contributed by atoms with Crippen molar-refractivity contribution >= 4 is 5.82 Å². The van der Waals surface area contributed by atoms with Crippen molar-refractivity contribution in [3.05, 3.63) is 23.4 Å². The SMILES string of the molecule is CCCc1cc(CNC(C)C)cc(N2CCC(C)C2)n1. The van der Waals surface area contributed by atoms with Crippen LogP contribution in [-0.4, -0.2) is 24.1 Å². The van der Waals surface area contributed by atoms with Crippen LogP contribution in [0.4, 0.5) is 5.82 Å². The molecule has 1 fully saturated rings. The predicted octanol–water partition coefficient (Wildman–Crippen LogP) is 3.38. The second-order valence-corrected chi connectivity index (χ2v) is 6.45. The molecule has 1 aromatic heterocycles. The molecule has 1 saturated heterocycles. The Balaban J connectivity index is 2.16. The highest BCUT2D eigenvalue weighted by Gasteiger charge is 2.20. The molecule has 0 aliphatic carbocycles. The lowest BCUT2D eigenvalue weighted by molar-refractivity contribution is 0.588. The molecule has 112 valence electrons. The molecule has 1 N–H and O–H groups in total. The predicted molar refractivity (Wildman–Crippen MR) is 86.2 cm³/mol. The number of hydrogen-bond donors (Lipinski definition) is 1. The van der Waals surface area contributed by atoms with Gasteiger partial charge in [0, 0.05) is 31.4 Å². The van der Waals surface area contributed by atoms with E-state index >= 15 is 0 Å². The minimum Gasteiger partial charge on any atom is -0.356 e. The molecule has 3 heteroatoms. The average molecular weight is 275 g/mol. The fraction of sp³-hybridized carbons (Fsp3) is 0.706. The summed E-state index contributed by atoms with van der Waals surface area (Å²) in [4.78, 5) is 7.31. The maximum absolute atomic E-state index is 4.86. The van der Waals surface area contributed by atoms with Gasteiger partial charge in [0.05, 0.1) is 0 Å². The van der Waals surface area contributed by atoms with Gasteiger partial charge in [0.15, 0.2) is 0 Å². The normalized spacial score (nSPS) is 19.1. The van der Waals surface area contributed by atoms with E-state index in [1.807, 2.05) is 0 Å². The fourth-order valence-electron chi connectivity index (χ4n) is 2.75. The number of nitrogens with zero attached hydrogens (tertiary/aromatic N) is 2. The summed E-state index contributed by atoms with van der Waals surface area (Å²) in [5.41, 5.74) is 2.61. The molecule has 2 rings (SSSR count). The summed E-state index contributed by atoms with van der Waals surface area (Å²) in [5.74, 6) is 1.98. The number of aromatic nitrogens is 1. The Morgan fingerprint density at radius 1 is 1.40 bits per heavy atom. The molecular formula is C17H29N3. The summed E-state index contributed by atoms with van der Waals surface area (Å²) < 4.78 is 0. The smallest absolute Gasteiger partial charge is 0.129 e. The molecule has 1 aliphatic rings. The van der Waals surface area contributed by atoms with Crippen LogP contribution in [0.15, 0.2) is 12.1 Å². The van der Waals surface area contributed by atoms with Gasteiger partial charge in [0.1, 0.15) is 5.82 Å². The average Bonchev–Trinajstić information content (AvgIpc) is 2.83. The molecule has 0 radical (unpaired) electrons. The molecular weight excluding hydrogens is 246 g/mol. The summed E-state index contributed by atoms with van der Waals surface area (Å²) >= 11 is 0.